The average molecular weight is 360 g/mol. The van der Waals surface area contributed by atoms with Crippen molar-refractivity contribution < 1.29 is 19.8 Å². The lowest BCUT2D eigenvalue weighted by atomic mass is 10.1. The molecule has 0 aliphatic carbocycles. The first kappa shape index (κ1) is 20.0. The van der Waals surface area contributed by atoms with Crippen molar-refractivity contribution in [3.05, 3.63) is 77.9 Å². The number of hydrogen-bond acceptors (Lipinski definition) is 3. The molecule has 3 aromatic carbocycles. The Morgan fingerprint density at radius 3 is 1.88 bits per heavy atom. The minimum atomic E-state index is -1.13. The van der Waals surface area contributed by atoms with E-state index in [4.69, 9.17) is 10.2 Å². The summed E-state index contributed by atoms with van der Waals surface area (Å²) in [5.41, 5.74) is 1.15. The van der Waals surface area contributed by atoms with Crippen molar-refractivity contribution in [3.8, 4) is 0 Å². The van der Waals surface area contributed by atoms with E-state index in [2.05, 4.69) is 47.8 Å². The number of rotatable bonds is 3. The third-order valence-electron chi connectivity index (χ3n) is 3.42. The Kier molecular flexibility index (Phi) is 7.43. The summed E-state index contributed by atoms with van der Waals surface area (Å²) in [6.07, 6.45) is 0. The number of aromatic carboxylic acids is 2. The molecule has 130 valence electrons. The average Bonchev–Trinajstić information content (AvgIpc) is 2.61. The summed E-state index contributed by atoms with van der Waals surface area (Å²) < 4.78 is 0. The van der Waals surface area contributed by atoms with Gasteiger partial charge in [-0.3, -0.25) is 0 Å². The Morgan fingerprint density at radius 2 is 1.32 bits per heavy atom. The molecule has 0 aliphatic rings. The summed E-state index contributed by atoms with van der Waals surface area (Å²) >= 11 is 0. The first-order chi connectivity index (χ1) is 11.5. The number of fused-ring (bicyclic) bond motifs is 1. The zero-order valence-corrected chi connectivity index (χ0v) is 14.3. The van der Waals surface area contributed by atoms with E-state index in [-0.39, 0.29) is 23.5 Å². The normalized spacial score (nSPS) is 9.32. The molecule has 0 atom stereocenters. The number of carboxylic acids is 2. The van der Waals surface area contributed by atoms with Crippen LogP contribution in [0.3, 0.4) is 0 Å². The molecule has 3 N–H and O–H groups in total. The van der Waals surface area contributed by atoms with Gasteiger partial charge in [0, 0.05) is 18.1 Å². The molecule has 5 nitrogen and oxygen atoms in total. The number of hydrogen-bond donors (Lipinski definition) is 3. The maximum absolute atomic E-state index is 10.4. The Hall–Kier alpha value is -3.05. The van der Waals surface area contributed by atoms with Gasteiger partial charge < -0.3 is 15.5 Å². The lowest BCUT2D eigenvalue weighted by Gasteiger charge is -2.04. The molecule has 0 fully saturated rings. The quantitative estimate of drug-likeness (QED) is 0.645. The van der Waals surface area contributed by atoms with Gasteiger partial charge >= 0.3 is 11.9 Å². The molecule has 0 radical (unpaired) electrons. The summed E-state index contributed by atoms with van der Waals surface area (Å²) in [5, 5.41) is 22.7. The maximum Gasteiger partial charge on any atom is 0.335 e. The third-order valence-corrected chi connectivity index (χ3v) is 3.42. The molecule has 25 heavy (non-hydrogen) atoms. The van der Waals surface area contributed by atoms with Crippen molar-refractivity contribution in [2.75, 3.05) is 12.4 Å². The third kappa shape index (κ3) is 5.22. The summed E-state index contributed by atoms with van der Waals surface area (Å²) in [5.74, 6) is -2.25. The zero-order chi connectivity index (χ0) is 17.5. The van der Waals surface area contributed by atoms with Crippen LogP contribution in [0.25, 0.3) is 10.8 Å². The molecule has 3 aromatic rings. The first-order valence-corrected chi connectivity index (χ1v) is 7.25. The number of anilines is 1. The van der Waals surface area contributed by atoms with Crippen LogP contribution in [0.2, 0.25) is 0 Å². The van der Waals surface area contributed by atoms with Crippen LogP contribution in [0, 0.1) is 0 Å². The van der Waals surface area contributed by atoms with Crippen molar-refractivity contribution >= 4 is 40.8 Å². The second-order valence-corrected chi connectivity index (χ2v) is 4.97. The highest BCUT2D eigenvalue weighted by Crippen LogP contribution is 2.21. The number of carboxylic acid groups (broad SMARTS) is 2. The predicted octanol–water partition coefficient (Wildman–Crippen LogP) is 4.39. The molecule has 0 aromatic heterocycles. The standard InChI is InChI=1S/C11H11N.C8H6O4.ClH/c1-12-11-8-4-6-9-5-2-3-7-10(9)11;9-7(10)5-2-1-3-6(4-5)8(11)12;/h2-8,12H,1H3;1-4H,(H,9,10)(H,11,12);1H. The minimum absolute atomic E-state index is 0. The summed E-state index contributed by atoms with van der Waals surface area (Å²) in [6, 6.07) is 19.8. The molecule has 0 saturated heterocycles. The Morgan fingerprint density at radius 1 is 0.800 bits per heavy atom. The van der Waals surface area contributed by atoms with Crippen LogP contribution < -0.4 is 5.32 Å². The van der Waals surface area contributed by atoms with Gasteiger partial charge in [0.15, 0.2) is 0 Å². The largest absolute Gasteiger partial charge is 0.478 e. The highest BCUT2D eigenvalue weighted by molar-refractivity contribution is 5.94. The minimum Gasteiger partial charge on any atom is -0.478 e. The molecule has 0 spiro atoms. The van der Waals surface area contributed by atoms with E-state index in [0.717, 1.165) is 6.07 Å². The van der Waals surface area contributed by atoms with Crippen LogP contribution in [0.5, 0.6) is 0 Å². The number of carbonyl (C=O) groups is 2. The van der Waals surface area contributed by atoms with E-state index < -0.39 is 11.9 Å². The van der Waals surface area contributed by atoms with Crippen LogP contribution in [0.4, 0.5) is 5.69 Å². The van der Waals surface area contributed by atoms with Gasteiger partial charge in [-0.15, -0.1) is 12.4 Å². The van der Waals surface area contributed by atoms with Crippen molar-refractivity contribution in [1.29, 1.82) is 0 Å². The Bertz CT molecular complexity index is 845. The Labute approximate surface area is 151 Å². The zero-order valence-electron chi connectivity index (χ0n) is 13.5. The van der Waals surface area contributed by atoms with E-state index in [1.165, 1.54) is 34.7 Å². The van der Waals surface area contributed by atoms with Gasteiger partial charge in [-0.1, -0.05) is 42.5 Å². The van der Waals surface area contributed by atoms with Crippen molar-refractivity contribution in [2.45, 2.75) is 0 Å². The molecule has 0 saturated carbocycles. The van der Waals surface area contributed by atoms with Crippen molar-refractivity contribution in [1.82, 2.24) is 0 Å². The van der Waals surface area contributed by atoms with Gasteiger partial charge in [0.25, 0.3) is 0 Å². The number of benzene rings is 3. The molecular formula is C19H18ClNO4. The van der Waals surface area contributed by atoms with Crippen molar-refractivity contribution in [3.63, 3.8) is 0 Å². The first-order valence-electron chi connectivity index (χ1n) is 7.25. The molecule has 6 heteroatoms. The van der Waals surface area contributed by atoms with E-state index in [1.807, 2.05) is 7.05 Å². The molecule has 3 rings (SSSR count). The van der Waals surface area contributed by atoms with E-state index in [0.29, 0.717) is 0 Å². The highest BCUT2D eigenvalue weighted by Gasteiger charge is 2.06. The van der Waals surface area contributed by atoms with Crippen LogP contribution >= 0.6 is 12.4 Å². The van der Waals surface area contributed by atoms with Crippen LogP contribution in [0.1, 0.15) is 20.7 Å². The molecule has 0 bridgehead atoms. The fourth-order valence-electron chi connectivity index (χ4n) is 2.23. The Balaban J connectivity index is 0.000000240. The fourth-order valence-corrected chi connectivity index (χ4v) is 2.23. The van der Waals surface area contributed by atoms with Gasteiger partial charge in [-0.2, -0.15) is 0 Å². The molecule has 0 unspecified atom stereocenters. The number of nitrogens with one attached hydrogen (secondary N) is 1. The maximum atomic E-state index is 10.4. The lowest BCUT2D eigenvalue weighted by molar-refractivity contribution is 0.0696. The highest BCUT2D eigenvalue weighted by atomic mass is 35.5. The molecule has 0 aliphatic heterocycles. The monoisotopic (exact) mass is 359 g/mol. The van der Waals surface area contributed by atoms with E-state index >= 15 is 0 Å². The van der Waals surface area contributed by atoms with Crippen LogP contribution in [-0.2, 0) is 0 Å². The SMILES string of the molecule is CNc1cccc2ccccc12.Cl.O=C(O)c1cccc(C(=O)O)c1. The van der Waals surface area contributed by atoms with Crippen LogP contribution in [0.15, 0.2) is 66.7 Å². The summed E-state index contributed by atoms with van der Waals surface area (Å²) in [6.45, 7) is 0. The van der Waals surface area contributed by atoms with E-state index in [9.17, 15) is 9.59 Å². The summed E-state index contributed by atoms with van der Waals surface area (Å²) in [7, 11) is 1.95. The number of halogens is 1. The lowest BCUT2D eigenvalue weighted by Crippen LogP contribution is -2.01. The molecular weight excluding hydrogens is 342 g/mol. The van der Waals surface area contributed by atoms with Gasteiger partial charge in [0.1, 0.15) is 0 Å². The second kappa shape index (κ2) is 9.30. The second-order valence-electron chi connectivity index (χ2n) is 4.97. The van der Waals surface area contributed by atoms with Gasteiger partial charge in [-0.05, 0) is 29.7 Å². The molecule has 0 heterocycles. The van der Waals surface area contributed by atoms with Crippen molar-refractivity contribution in [2.24, 2.45) is 0 Å². The smallest absolute Gasteiger partial charge is 0.335 e. The van der Waals surface area contributed by atoms with E-state index in [1.54, 1.807) is 0 Å². The topological polar surface area (TPSA) is 86.6 Å². The fraction of sp³-hybridized carbons (Fsp3) is 0.0526. The van der Waals surface area contributed by atoms with Gasteiger partial charge in [0.2, 0.25) is 0 Å². The molecule has 0 amide bonds. The van der Waals surface area contributed by atoms with Crippen LogP contribution in [-0.4, -0.2) is 29.2 Å². The van der Waals surface area contributed by atoms with Gasteiger partial charge in [-0.25, -0.2) is 9.59 Å². The summed E-state index contributed by atoms with van der Waals surface area (Å²) in [4.78, 5) is 20.8. The van der Waals surface area contributed by atoms with Gasteiger partial charge in [0.05, 0.1) is 11.1 Å². The predicted molar refractivity (Wildman–Crippen MR) is 101 cm³/mol.